The van der Waals surface area contributed by atoms with E-state index in [1.165, 1.54) is 6.92 Å². The van der Waals surface area contributed by atoms with E-state index in [9.17, 15) is 14.4 Å². The third-order valence-electron chi connectivity index (χ3n) is 7.98. The van der Waals surface area contributed by atoms with E-state index in [0.717, 1.165) is 27.4 Å². The van der Waals surface area contributed by atoms with Crippen molar-refractivity contribution < 1.29 is 23.8 Å². The molecule has 45 heavy (non-hydrogen) atoms. The highest BCUT2D eigenvalue weighted by atomic mass is 32.1. The van der Waals surface area contributed by atoms with Gasteiger partial charge in [0.2, 0.25) is 23.0 Å². The molecule has 1 aliphatic rings. The van der Waals surface area contributed by atoms with Crippen LogP contribution in [-0.4, -0.2) is 50.7 Å². The molecule has 10 nitrogen and oxygen atoms in total. The highest BCUT2D eigenvalue weighted by Crippen LogP contribution is 2.50. The zero-order valence-corrected chi connectivity index (χ0v) is 28.1. The number of ether oxygens (including phenoxy) is 3. The molecule has 2 amide bonds. The molecule has 4 rings (SSSR count). The van der Waals surface area contributed by atoms with E-state index in [1.807, 2.05) is 26.0 Å². The molecule has 11 heteroatoms. The summed E-state index contributed by atoms with van der Waals surface area (Å²) in [7, 11) is 4.68. The molecule has 2 aromatic carbocycles. The number of anilines is 1. The van der Waals surface area contributed by atoms with Crippen molar-refractivity contribution >= 4 is 28.8 Å². The van der Waals surface area contributed by atoms with Gasteiger partial charge in [-0.3, -0.25) is 14.4 Å². The van der Waals surface area contributed by atoms with Crippen LogP contribution in [-0.2, 0) is 22.4 Å². The Morgan fingerprint density at radius 1 is 1.04 bits per heavy atom. The largest absolute Gasteiger partial charge is 0.493 e. The summed E-state index contributed by atoms with van der Waals surface area (Å²) in [6.45, 7) is 9.98. The van der Waals surface area contributed by atoms with E-state index in [-0.39, 0.29) is 28.8 Å². The van der Waals surface area contributed by atoms with E-state index >= 15 is 0 Å². The Labute approximate surface area is 268 Å². The van der Waals surface area contributed by atoms with Crippen molar-refractivity contribution in [1.29, 1.82) is 0 Å². The zero-order chi connectivity index (χ0) is 32.8. The van der Waals surface area contributed by atoms with Crippen molar-refractivity contribution in [3.05, 3.63) is 61.7 Å². The smallest absolute Gasteiger partial charge is 0.242 e. The second kappa shape index (κ2) is 14.8. The highest BCUT2D eigenvalue weighted by Gasteiger charge is 2.30. The summed E-state index contributed by atoms with van der Waals surface area (Å²) in [5, 5.41) is 12.3. The number of amides is 2. The number of benzene rings is 1. The lowest BCUT2D eigenvalue weighted by molar-refractivity contribution is -0.122. The molecule has 0 unspecified atom stereocenters. The summed E-state index contributed by atoms with van der Waals surface area (Å²) >= 11 is 1.60. The van der Waals surface area contributed by atoms with Gasteiger partial charge in [-0.25, -0.2) is 4.98 Å². The third kappa shape index (κ3) is 7.58. The molecular formula is C34H44N4O6S. The average molecular weight is 637 g/mol. The quantitative estimate of drug-likeness (QED) is 0.246. The first-order valence-corrected chi connectivity index (χ1v) is 16.1. The first-order valence-electron chi connectivity index (χ1n) is 15.2. The molecule has 0 bridgehead atoms. The Kier molecular flexibility index (Phi) is 11.1. The SMILES string of the molecule is COc1cc2c(c(OC)c1OC)-c1ccc(N[C@H](C(=O)NCCc3nc(C(C)C)cs3)C(C)C)c(=O)cc1[C@@H](NC(C)=O)CC2. The monoisotopic (exact) mass is 636 g/mol. The number of aryl methyl sites for hydroxylation is 1. The maximum atomic E-state index is 13.8. The lowest BCUT2D eigenvalue weighted by atomic mass is 9.95. The Morgan fingerprint density at radius 3 is 2.38 bits per heavy atom. The van der Waals surface area contributed by atoms with Gasteiger partial charge in [0, 0.05) is 30.8 Å². The summed E-state index contributed by atoms with van der Waals surface area (Å²) in [6, 6.07) is 5.92. The minimum atomic E-state index is -0.653. The predicted molar refractivity (Wildman–Crippen MR) is 178 cm³/mol. The molecule has 2 atom stereocenters. The fourth-order valence-corrected chi connectivity index (χ4v) is 6.60. The van der Waals surface area contributed by atoms with E-state index in [1.54, 1.807) is 44.8 Å². The minimum Gasteiger partial charge on any atom is -0.493 e. The summed E-state index contributed by atoms with van der Waals surface area (Å²) < 4.78 is 17.1. The molecule has 3 aromatic rings. The maximum Gasteiger partial charge on any atom is 0.242 e. The standard InChI is InChI=1S/C34H44N4O6S/c1-18(2)26-17-45-29(37-26)13-14-35-34(41)31(19(3)4)38-25-12-10-22-23(16-27(25)40)24(36-20(5)39)11-9-21-15-28(42-6)32(43-7)33(44-8)30(21)22/h10,12,15-19,24,31H,9,11,13-14H2,1-8H3,(H,35,41)(H,36,39)(H,38,40)/t24-,31-/m0/s1. The molecule has 0 spiro atoms. The number of hydrogen-bond donors (Lipinski definition) is 3. The second-order valence-corrected chi connectivity index (χ2v) is 12.8. The molecular weight excluding hydrogens is 592 g/mol. The fraction of sp³-hybridized carbons (Fsp3) is 0.471. The van der Waals surface area contributed by atoms with E-state index < -0.39 is 12.1 Å². The summed E-state index contributed by atoms with van der Waals surface area (Å²) in [6.07, 6.45) is 1.79. The van der Waals surface area contributed by atoms with Gasteiger partial charge in [0.1, 0.15) is 6.04 Å². The normalized spacial score (nSPS) is 14.6. The average Bonchev–Trinajstić information content (AvgIpc) is 3.36. The van der Waals surface area contributed by atoms with Gasteiger partial charge in [0.05, 0.1) is 43.8 Å². The van der Waals surface area contributed by atoms with Gasteiger partial charge in [-0.15, -0.1) is 11.3 Å². The van der Waals surface area contributed by atoms with Crippen LogP contribution in [0, 0.1) is 5.92 Å². The number of carbonyl (C=O) groups excluding carboxylic acids is 2. The maximum absolute atomic E-state index is 13.8. The summed E-state index contributed by atoms with van der Waals surface area (Å²) in [5.41, 5.74) is 4.12. The molecule has 0 saturated heterocycles. The third-order valence-corrected chi connectivity index (χ3v) is 8.90. The van der Waals surface area contributed by atoms with Gasteiger partial charge >= 0.3 is 0 Å². The molecule has 1 heterocycles. The molecule has 0 saturated carbocycles. The lowest BCUT2D eigenvalue weighted by Crippen LogP contribution is -2.44. The van der Waals surface area contributed by atoms with Crippen LogP contribution >= 0.6 is 11.3 Å². The number of thiazole rings is 1. The molecule has 0 aliphatic heterocycles. The molecule has 0 radical (unpaired) electrons. The van der Waals surface area contributed by atoms with Crippen molar-refractivity contribution in [3.8, 4) is 28.4 Å². The Balaban J connectivity index is 1.71. The van der Waals surface area contributed by atoms with Crippen LogP contribution in [0.4, 0.5) is 5.69 Å². The number of nitrogens with one attached hydrogen (secondary N) is 3. The van der Waals surface area contributed by atoms with Gasteiger partial charge < -0.3 is 30.2 Å². The van der Waals surface area contributed by atoms with Crippen LogP contribution in [0.3, 0.4) is 0 Å². The van der Waals surface area contributed by atoms with Crippen LogP contribution in [0.15, 0.2) is 34.4 Å². The number of fused-ring (bicyclic) bond motifs is 3. The Hall–Kier alpha value is -4.12. The second-order valence-electron chi connectivity index (χ2n) is 11.8. The fourth-order valence-electron chi connectivity index (χ4n) is 5.64. The number of methoxy groups -OCH3 is 3. The van der Waals surface area contributed by atoms with Crippen LogP contribution < -0.4 is 35.6 Å². The van der Waals surface area contributed by atoms with Gasteiger partial charge in [0.25, 0.3) is 0 Å². The molecule has 0 fully saturated rings. The molecule has 3 N–H and O–H groups in total. The Bertz CT molecular complexity index is 1600. The molecule has 1 aromatic heterocycles. The number of nitrogens with zero attached hydrogens (tertiary/aromatic N) is 1. The van der Waals surface area contributed by atoms with Gasteiger partial charge in [-0.1, -0.05) is 33.8 Å². The lowest BCUT2D eigenvalue weighted by Gasteiger charge is -2.22. The van der Waals surface area contributed by atoms with Crippen LogP contribution in [0.2, 0.25) is 0 Å². The number of aromatic nitrogens is 1. The highest BCUT2D eigenvalue weighted by molar-refractivity contribution is 7.09. The van der Waals surface area contributed by atoms with Gasteiger partial charge in [-0.05, 0) is 59.6 Å². The van der Waals surface area contributed by atoms with Crippen LogP contribution in [0.5, 0.6) is 17.2 Å². The number of carbonyl (C=O) groups is 2. The van der Waals surface area contributed by atoms with Gasteiger partial charge in [0.15, 0.2) is 11.5 Å². The van der Waals surface area contributed by atoms with Crippen molar-refractivity contribution in [2.45, 2.75) is 71.9 Å². The first-order chi connectivity index (χ1) is 21.5. The van der Waals surface area contributed by atoms with Crippen molar-refractivity contribution in [2.75, 3.05) is 33.2 Å². The van der Waals surface area contributed by atoms with Crippen LogP contribution in [0.1, 0.15) is 74.8 Å². The van der Waals surface area contributed by atoms with E-state index in [0.29, 0.717) is 54.5 Å². The van der Waals surface area contributed by atoms with E-state index in [4.69, 9.17) is 14.2 Å². The number of hydrogen-bond acceptors (Lipinski definition) is 9. The predicted octanol–water partition coefficient (Wildman–Crippen LogP) is 5.24. The summed E-state index contributed by atoms with van der Waals surface area (Å²) in [5.74, 6) is 1.29. The topological polar surface area (TPSA) is 128 Å². The summed E-state index contributed by atoms with van der Waals surface area (Å²) in [4.78, 5) is 44.0. The Morgan fingerprint density at radius 2 is 1.78 bits per heavy atom. The van der Waals surface area contributed by atoms with Crippen molar-refractivity contribution in [1.82, 2.24) is 15.6 Å². The van der Waals surface area contributed by atoms with E-state index in [2.05, 4.69) is 40.2 Å². The molecule has 1 aliphatic carbocycles. The molecule has 242 valence electrons. The van der Waals surface area contributed by atoms with Gasteiger partial charge in [-0.2, -0.15) is 0 Å². The van der Waals surface area contributed by atoms with Crippen LogP contribution in [0.25, 0.3) is 11.1 Å². The minimum absolute atomic E-state index is 0.107. The first kappa shape index (κ1) is 33.8. The number of rotatable bonds is 12. The van der Waals surface area contributed by atoms with Crippen molar-refractivity contribution in [3.63, 3.8) is 0 Å². The zero-order valence-electron chi connectivity index (χ0n) is 27.3. The van der Waals surface area contributed by atoms with Crippen molar-refractivity contribution in [2.24, 2.45) is 5.92 Å².